The van der Waals surface area contributed by atoms with E-state index in [1.807, 2.05) is 44.2 Å². The number of benzene rings is 1. The van der Waals surface area contributed by atoms with Crippen molar-refractivity contribution in [3.8, 4) is 0 Å². The Hall–Kier alpha value is -2.18. The Kier molecular flexibility index (Phi) is 5.20. The van der Waals surface area contributed by atoms with E-state index < -0.39 is 11.6 Å². The molecule has 0 aliphatic carbocycles. The highest BCUT2D eigenvalue weighted by molar-refractivity contribution is 5.77. The molecule has 1 amide bonds. The first kappa shape index (κ1) is 17.6. The summed E-state index contributed by atoms with van der Waals surface area (Å²) in [5.74, 6) is 0.676. The van der Waals surface area contributed by atoms with Gasteiger partial charge in [-0.3, -0.25) is 4.79 Å². The van der Waals surface area contributed by atoms with E-state index >= 15 is 0 Å². The quantitative estimate of drug-likeness (QED) is 0.767. The monoisotopic (exact) mass is 343 g/mol. The summed E-state index contributed by atoms with van der Waals surface area (Å²) in [4.78, 5) is 12.7. The van der Waals surface area contributed by atoms with Crippen LogP contribution in [0, 0.1) is 13.8 Å². The lowest BCUT2D eigenvalue weighted by Gasteiger charge is -2.43. The van der Waals surface area contributed by atoms with Crippen molar-refractivity contribution >= 4 is 5.91 Å². The summed E-state index contributed by atoms with van der Waals surface area (Å²) in [7, 11) is 0. The molecule has 2 atom stereocenters. The van der Waals surface area contributed by atoms with E-state index in [-0.39, 0.29) is 5.91 Å². The third-order valence-electron chi connectivity index (χ3n) is 5.04. The number of aliphatic hydroxyl groups is 1. The van der Waals surface area contributed by atoms with Gasteiger partial charge in [0.25, 0.3) is 0 Å². The molecule has 0 unspecified atom stereocenters. The Morgan fingerprint density at radius 2 is 2.16 bits per heavy atom. The first-order chi connectivity index (χ1) is 12.0. The molecule has 25 heavy (non-hydrogen) atoms. The number of carbonyl (C=O) groups excluding carboxylic acids is 1. The lowest BCUT2D eigenvalue weighted by molar-refractivity contribution is -0.125. The second-order valence-corrected chi connectivity index (χ2v) is 6.66. The topological polar surface area (TPSA) is 87.4 Å². The van der Waals surface area contributed by atoms with Crippen LogP contribution in [-0.4, -0.2) is 35.4 Å². The van der Waals surface area contributed by atoms with Crippen molar-refractivity contribution in [2.75, 3.05) is 13.1 Å². The van der Waals surface area contributed by atoms with Crippen LogP contribution in [0.25, 0.3) is 0 Å². The summed E-state index contributed by atoms with van der Waals surface area (Å²) in [6.45, 7) is 4.94. The number of hydrogen-bond donors (Lipinski definition) is 3. The maximum Gasteiger partial charge on any atom is 0.221 e. The molecule has 2 aromatic rings. The number of β-amino-alcohol motifs (C(OH)–C–C–N with tert-alkyl or cyclic N) is 1. The zero-order valence-electron chi connectivity index (χ0n) is 14.7. The van der Waals surface area contributed by atoms with Crippen LogP contribution < -0.4 is 10.6 Å². The fourth-order valence-corrected chi connectivity index (χ4v) is 3.56. The van der Waals surface area contributed by atoms with E-state index in [1.165, 1.54) is 0 Å². The average Bonchev–Trinajstić information content (AvgIpc) is 2.94. The van der Waals surface area contributed by atoms with Crippen molar-refractivity contribution in [3.05, 3.63) is 52.9 Å². The first-order valence-electron chi connectivity index (χ1n) is 8.70. The van der Waals surface area contributed by atoms with Crippen LogP contribution in [0.4, 0.5) is 0 Å². The number of rotatable bonds is 5. The highest BCUT2D eigenvalue weighted by Gasteiger charge is 2.42. The predicted octanol–water partition coefficient (Wildman–Crippen LogP) is 1.59. The molecule has 2 heterocycles. The molecule has 1 aliphatic rings. The van der Waals surface area contributed by atoms with E-state index in [1.54, 1.807) is 0 Å². The Labute approximate surface area is 147 Å². The molecule has 1 aromatic heterocycles. The number of aryl methyl sites for hydroxylation is 2. The van der Waals surface area contributed by atoms with Gasteiger partial charge in [-0.1, -0.05) is 35.5 Å². The molecule has 1 aromatic carbocycles. The molecular formula is C19H25N3O3. The Balaban J connectivity index is 1.75. The number of nitrogens with one attached hydrogen (secondary N) is 2. The number of aliphatic hydroxyl groups excluding tert-OH is 1. The van der Waals surface area contributed by atoms with Gasteiger partial charge in [0.1, 0.15) is 5.76 Å². The van der Waals surface area contributed by atoms with Gasteiger partial charge in [-0.15, -0.1) is 0 Å². The summed E-state index contributed by atoms with van der Waals surface area (Å²) in [6.07, 6.45) is 0.880. The molecule has 1 fully saturated rings. The van der Waals surface area contributed by atoms with Gasteiger partial charge >= 0.3 is 0 Å². The zero-order chi connectivity index (χ0) is 17.9. The van der Waals surface area contributed by atoms with Gasteiger partial charge in [0.05, 0.1) is 17.3 Å². The van der Waals surface area contributed by atoms with Gasteiger partial charge in [0.15, 0.2) is 0 Å². The van der Waals surface area contributed by atoms with Crippen molar-refractivity contribution in [1.82, 2.24) is 15.8 Å². The number of amides is 1. The summed E-state index contributed by atoms with van der Waals surface area (Å²) in [5, 5.41) is 20.9. The minimum Gasteiger partial charge on any atom is -0.389 e. The summed E-state index contributed by atoms with van der Waals surface area (Å²) >= 11 is 0. The maximum atomic E-state index is 12.7. The number of hydrogen-bond acceptors (Lipinski definition) is 5. The number of carbonyl (C=O) groups is 1. The normalized spacial score (nSPS) is 23.4. The van der Waals surface area contributed by atoms with Gasteiger partial charge in [0.2, 0.25) is 5.91 Å². The third kappa shape index (κ3) is 3.60. The first-order valence-corrected chi connectivity index (χ1v) is 8.70. The van der Waals surface area contributed by atoms with E-state index in [9.17, 15) is 9.90 Å². The second kappa shape index (κ2) is 7.37. The Morgan fingerprint density at radius 3 is 2.80 bits per heavy atom. The van der Waals surface area contributed by atoms with Gasteiger partial charge in [-0.2, -0.15) is 0 Å². The number of aromatic nitrogens is 1. The average molecular weight is 343 g/mol. The van der Waals surface area contributed by atoms with Crippen LogP contribution in [0.3, 0.4) is 0 Å². The third-order valence-corrected chi connectivity index (χ3v) is 5.04. The molecule has 6 heteroatoms. The van der Waals surface area contributed by atoms with Gasteiger partial charge in [0, 0.05) is 18.5 Å². The van der Waals surface area contributed by atoms with E-state index in [4.69, 9.17) is 4.52 Å². The smallest absolute Gasteiger partial charge is 0.221 e. The fourth-order valence-electron chi connectivity index (χ4n) is 3.56. The maximum absolute atomic E-state index is 12.7. The minimum atomic E-state index is -0.748. The van der Waals surface area contributed by atoms with Crippen LogP contribution in [0.1, 0.15) is 35.4 Å². The van der Waals surface area contributed by atoms with Crippen LogP contribution in [-0.2, 0) is 16.8 Å². The molecule has 0 saturated carbocycles. The summed E-state index contributed by atoms with van der Waals surface area (Å²) in [5.41, 5.74) is 2.00. The van der Waals surface area contributed by atoms with E-state index in [2.05, 4.69) is 15.8 Å². The summed E-state index contributed by atoms with van der Waals surface area (Å²) < 4.78 is 5.15. The second-order valence-electron chi connectivity index (χ2n) is 6.66. The standard InChI is InChI=1S/C19H25N3O3/c1-13-16(14(2)25-22-13)8-9-18(24)21-19(10-11-20-12-17(19)23)15-6-4-3-5-7-15/h3-7,17,20,23H,8-12H2,1-2H3,(H,21,24)/t17-,19-/m1/s1. The fraction of sp³-hybridized carbons (Fsp3) is 0.474. The molecular weight excluding hydrogens is 318 g/mol. The lowest BCUT2D eigenvalue weighted by Crippen LogP contribution is -2.61. The zero-order valence-corrected chi connectivity index (χ0v) is 14.7. The van der Waals surface area contributed by atoms with Gasteiger partial charge < -0.3 is 20.3 Å². The van der Waals surface area contributed by atoms with E-state index in [0.717, 1.165) is 29.1 Å². The molecule has 134 valence electrons. The van der Waals surface area contributed by atoms with Crippen LogP contribution in [0.2, 0.25) is 0 Å². The van der Waals surface area contributed by atoms with Gasteiger partial charge in [-0.25, -0.2) is 0 Å². The van der Waals surface area contributed by atoms with Crippen molar-refractivity contribution in [1.29, 1.82) is 0 Å². The van der Waals surface area contributed by atoms with Crippen molar-refractivity contribution in [2.24, 2.45) is 0 Å². The molecule has 1 aliphatic heterocycles. The van der Waals surface area contributed by atoms with Crippen LogP contribution in [0.5, 0.6) is 0 Å². The van der Waals surface area contributed by atoms with Gasteiger partial charge in [-0.05, 0) is 38.8 Å². The van der Waals surface area contributed by atoms with E-state index in [0.29, 0.717) is 25.8 Å². The predicted molar refractivity (Wildman–Crippen MR) is 94.1 cm³/mol. The lowest BCUT2D eigenvalue weighted by atomic mass is 9.79. The van der Waals surface area contributed by atoms with Crippen molar-refractivity contribution < 1.29 is 14.4 Å². The molecule has 3 N–H and O–H groups in total. The Morgan fingerprint density at radius 1 is 1.40 bits per heavy atom. The highest BCUT2D eigenvalue weighted by Crippen LogP contribution is 2.31. The molecule has 3 rings (SSSR count). The summed E-state index contributed by atoms with van der Waals surface area (Å²) in [6, 6.07) is 9.72. The molecule has 0 radical (unpaired) electrons. The number of nitrogens with zero attached hydrogens (tertiary/aromatic N) is 1. The molecule has 0 bridgehead atoms. The van der Waals surface area contributed by atoms with Crippen LogP contribution >= 0.6 is 0 Å². The van der Waals surface area contributed by atoms with Crippen molar-refractivity contribution in [2.45, 2.75) is 44.8 Å². The Bertz CT molecular complexity index is 709. The molecule has 6 nitrogen and oxygen atoms in total. The molecule has 1 saturated heterocycles. The minimum absolute atomic E-state index is 0.0789. The molecule has 0 spiro atoms. The highest BCUT2D eigenvalue weighted by atomic mass is 16.5. The largest absolute Gasteiger partial charge is 0.389 e. The SMILES string of the molecule is Cc1noc(C)c1CCC(=O)N[C@@]1(c2ccccc2)CCNC[C@H]1O. The van der Waals surface area contributed by atoms with Crippen molar-refractivity contribution in [3.63, 3.8) is 0 Å². The van der Waals surface area contributed by atoms with Crippen LogP contribution in [0.15, 0.2) is 34.9 Å². The number of piperidine rings is 1.